The highest BCUT2D eigenvalue weighted by Gasteiger charge is 2.16. The van der Waals surface area contributed by atoms with Crippen molar-refractivity contribution in [3.63, 3.8) is 0 Å². The van der Waals surface area contributed by atoms with Crippen molar-refractivity contribution in [1.82, 2.24) is 10.2 Å². The van der Waals surface area contributed by atoms with Crippen molar-refractivity contribution in [2.75, 3.05) is 5.32 Å². The van der Waals surface area contributed by atoms with E-state index in [2.05, 4.69) is 15.5 Å². The van der Waals surface area contributed by atoms with E-state index < -0.39 is 5.91 Å². The van der Waals surface area contributed by atoms with Crippen LogP contribution < -0.4 is 5.32 Å². The Kier molecular flexibility index (Phi) is 3.31. The largest absolute Gasteiger partial charge is 0.451 e. The molecule has 0 unspecified atom stereocenters. The number of aromatic nitrogens is 2. The second-order valence-corrected chi connectivity index (χ2v) is 5.02. The number of carbonyl (C=O) groups excluding carboxylic acids is 1. The van der Waals surface area contributed by atoms with Gasteiger partial charge in [0.15, 0.2) is 5.76 Å². The Morgan fingerprint density at radius 2 is 1.79 bits per heavy atom. The van der Waals surface area contributed by atoms with Crippen LogP contribution in [0.1, 0.15) is 10.6 Å². The minimum absolute atomic E-state index is 0.0696. The lowest BCUT2D eigenvalue weighted by Gasteiger charge is -1.96. The summed E-state index contributed by atoms with van der Waals surface area (Å²) in [4.78, 5) is 12.2. The molecule has 0 saturated heterocycles. The molecule has 4 rings (SSSR count). The normalized spacial score (nSPS) is 10.9. The van der Waals surface area contributed by atoms with Crippen molar-refractivity contribution in [2.45, 2.75) is 0 Å². The lowest BCUT2D eigenvalue weighted by atomic mass is 10.2. The molecule has 2 aromatic carbocycles. The molecule has 0 aliphatic carbocycles. The smallest absolute Gasteiger partial charge is 0.322 e. The molecule has 0 atom stereocenters. The van der Waals surface area contributed by atoms with Crippen LogP contribution in [0.25, 0.3) is 22.4 Å². The van der Waals surface area contributed by atoms with Crippen molar-refractivity contribution < 1.29 is 18.0 Å². The molecule has 0 aliphatic heterocycles. The Labute approximate surface area is 134 Å². The van der Waals surface area contributed by atoms with Gasteiger partial charge in [-0.1, -0.05) is 23.3 Å². The first-order valence-corrected chi connectivity index (χ1v) is 7.08. The third-order valence-corrected chi connectivity index (χ3v) is 3.39. The predicted molar refractivity (Wildman–Crippen MR) is 83.9 cm³/mol. The quantitative estimate of drug-likeness (QED) is 0.619. The molecule has 2 heterocycles. The van der Waals surface area contributed by atoms with Crippen LogP contribution in [0.15, 0.2) is 63.4 Å². The maximum atomic E-state index is 12.9. The summed E-state index contributed by atoms with van der Waals surface area (Å²) in [6, 6.07) is 14.4. The van der Waals surface area contributed by atoms with Crippen LogP contribution in [-0.4, -0.2) is 16.1 Å². The molecule has 24 heavy (non-hydrogen) atoms. The molecule has 0 saturated carbocycles. The summed E-state index contributed by atoms with van der Waals surface area (Å²) in [5, 5.41) is 10.9. The maximum absolute atomic E-state index is 12.9. The van der Waals surface area contributed by atoms with E-state index >= 15 is 0 Å². The molecule has 0 spiro atoms. The average Bonchev–Trinajstić information content (AvgIpc) is 3.22. The van der Waals surface area contributed by atoms with Gasteiger partial charge in [-0.2, -0.15) is 0 Å². The van der Waals surface area contributed by atoms with E-state index in [1.807, 2.05) is 18.2 Å². The SMILES string of the molecule is O=C(Nc1nnc(-c2ccc(F)cc2)o1)c1cc2ccccc2o1. The van der Waals surface area contributed by atoms with Gasteiger partial charge >= 0.3 is 6.01 Å². The van der Waals surface area contributed by atoms with Crippen molar-refractivity contribution >= 4 is 22.9 Å². The first kappa shape index (κ1) is 14.1. The third kappa shape index (κ3) is 2.63. The molecular formula is C17H10FN3O3. The number of carbonyl (C=O) groups is 1. The van der Waals surface area contributed by atoms with Crippen LogP contribution in [0.2, 0.25) is 0 Å². The summed E-state index contributed by atoms with van der Waals surface area (Å²) in [7, 11) is 0. The van der Waals surface area contributed by atoms with Gasteiger partial charge in [-0.15, -0.1) is 5.10 Å². The topological polar surface area (TPSA) is 81.2 Å². The summed E-state index contributed by atoms with van der Waals surface area (Å²) >= 11 is 0. The van der Waals surface area contributed by atoms with Gasteiger partial charge in [0.1, 0.15) is 11.4 Å². The van der Waals surface area contributed by atoms with Crippen LogP contribution in [0.4, 0.5) is 10.4 Å². The molecule has 2 aromatic heterocycles. The summed E-state index contributed by atoms with van der Waals surface area (Å²) in [6.07, 6.45) is 0. The molecule has 0 fully saturated rings. The molecule has 4 aromatic rings. The number of benzene rings is 2. The van der Waals surface area contributed by atoms with Crippen LogP contribution in [0, 0.1) is 5.82 Å². The molecule has 0 bridgehead atoms. The molecule has 118 valence electrons. The number of para-hydroxylation sites is 1. The van der Waals surface area contributed by atoms with Crippen LogP contribution >= 0.6 is 0 Å². The fourth-order valence-corrected chi connectivity index (χ4v) is 2.24. The summed E-state index contributed by atoms with van der Waals surface area (Å²) in [5.41, 5.74) is 1.16. The lowest BCUT2D eigenvalue weighted by Crippen LogP contribution is -2.10. The molecule has 0 radical (unpaired) electrons. The second kappa shape index (κ2) is 5.62. The number of fused-ring (bicyclic) bond motifs is 1. The monoisotopic (exact) mass is 323 g/mol. The van der Waals surface area contributed by atoms with Crippen LogP contribution in [0.3, 0.4) is 0 Å². The van der Waals surface area contributed by atoms with Gasteiger partial charge in [-0.05, 0) is 36.4 Å². The van der Waals surface area contributed by atoms with Gasteiger partial charge in [0, 0.05) is 10.9 Å². The standard InChI is InChI=1S/C17H10FN3O3/c18-12-7-5-10(6-8-12)16-20-21-17(24-16)19-15(22)14-9-11-3-1-2-4-13(11)23-14/h1-9H,(H,19,21,22). The van der Waals surface area contributed by atoms with E-state index in [-0.39, 0.29) is 23.5 Å². The lowest BCUT2D eigenvalue weighted by molar-refractivity contribution is 0.0996. The molecular weight excluding hydrogens is 313 g/mol. The van der Waals surface area contributed by atoms with E-state index in [0.717, 1.165) is 5.39 Å². The van der Waals surface area contributed by atoms with E-state index in [4.69, 9.17) is 8.83 Å². The average molecular weight is 323 g/mol. The minimum Gasteiger partial charge on any atom is -0.451 e. The Morgan fingerprint density at radius 3 is 2.58 bits per heavy atom. The highest BCUT2D eigenvalue weighted by atomic mass is 19.1. The van der Waals surface area contributed by atoms with Gasteiger partial charge in [0.25, 0.3) is 5.91 Å². The zero-order chi connectivity index (χ0) is 16.5. The maximum Gasteiger partial charge on any atom is 0.322 e. The molecule has 7 heteroatoms. The van der Waals surface area contributed by atoms with Crippen molar-refractivity contribution in [3.8, 4) is 11.5 Å². The Balaban J connectivity index is 1.54. The second-order valence-electron chi connectivity index (χ2n) is 5.02. The molecule has 0 aliphatic rings. The summed E-state index contributed by atoms with van der Waals surface area (Å²) < 4.78 is 23.7. The highest BCUT2D eigenvalue weighted by Crippen LogP contribution is 2.22. The zero-order valence-electron chi connectivity index (χ0n) is 12.2. The van der Waals surface area contributed by atoms with E-state index in [0.29, 0.717) is 11.1 Å². The fraction of sp³-hybridized carbons (Fsp3) is 0. The number of rotatable bonds is 3. The Morgan fingerprint density at radius 1 is 1.00 bits per heavy atom. The Hall–Kier alpha value is -3.48. The van der Waals surface area contributed by atoms with Crippen molar-refractivity contribution in [3.05, 3.63) is 66.2 Å². The third-order valence-electron chi connectivity index (χ3n) is 3.39. The zero-order valence-corrected chi connectivity index (χ0v) is 12.2. The van der Waals surface area contributed by atoms with E-state index in [1.165, 1.54) is 24.3 Å². The molecule has 1 N–H and O–H groups in total. The predicted octanol–water partition coefficient (Wildman–Crippen LogP) is 3.87. The van der Waals surface area contributed by atoms with Gasteiger partial charge in [-0.25, -0.2) is 4.39 Å². The van der Waals surface area contributed by atoms with Crippen molar-refractivity contribution in [2.24, 2.45) is 0 Å². The fourth-order valence-electron chi connectivity index (χ4n) is 2.24. The number of furan rings is 1. The molecule has 1 amide bonds. The van der Waals surface area contributed by atoms with Crippen molar-refractivity contribution in [1.29, 1.82) is 0 Å². The highest BCUT2D eigenvalue weighted by molar-refractivity contribution is 6.03. The summed E-state index contributed by atoms with van der Waals surface area (Å²) in [6.45, 7) is 0. The number of nitrogens with zero attached hydrogens (tertiary/aromatic N) is 2. The van der Waals surface area contributed by atoms with Crippen LogP contribution in [-0.2, 0) is 0 Å². The summed E-state index contributed by atoms with van der Waals surface area (Å²) in [5.74, 6) is -0.551. The number of nitrogens with one attached hydrogen (secondary N) is 1. The minimum atomic E-state index is -0.500. The number of hydrogen-bond acceptors (Lipinski definition) is 5. The number of amides is 1. The van der Waals surface area contributed by atoms with Gasteiger partial charge < -0.3 is 8.83 Å². The van der Waals surface area contributed by atoms with E-state index in [9.17, 15) is 9.18 Å². The number of hydrogen-bond donors (Lipinski definition) is 1. The Bertz CT molecular complexity index is 988. The number of halogens is 1. The van der Waals surface area contributed by atoms with E-state index in [1.54, 1.807) is 12.1 Å². The van der Waals surface area contributed by atoms with Gasteiger partial charge in [0.05, 0.1) is 0 Å². The van der Waals surface area contributed by atoms with Crippen LogP contribution in [0.5, 0.6) is 0 Å². The molecule has 6 nitrogen and oxygen atoms in total. The van der Waals surface area contributed by atoms with Gasteiger partial charge in [0.2, 0.25) is 5.89 Å². The first-order valence-electron chi connectivity index (χ1n) is 7.08. The van der Waals surface area contributed by atoms with Gasteiger partial charge in [-0.3, -0.25) is 10.1 Å². The number of anilines is 1. The first-order chi connectivity index (χ1) is 11.7.